The Morgan fingerprint density at radius 1 is 1.26 bits per heavy atom. The number of hydrogen-bond donors (Lipinski definition) is 1. The minimum atomic E-state index is 0.574. The van der Waals surface area contributed by atoms with Gasteiger partial charge in [-0.1, -0.05) is 12.1 Å². The molecule has 1 aliphatic rings. The van der Waals surface area contributed by atoms with Crippen LogP contribution >= 0.6 is 0 Å². The molecule has 0 saturated carbocycles. The van der Waals surface area contributed by atoms with Gasteiger partial charge < -0.3 is 14.8 Å². The number of nitrogens with one attached hydrogen (secondary N) is 1. The predicted molar refractivity (Wildman–Crippen MR) is 77.0 cm³/mol. The average Bonchev–Trinajstić information content (AvgIpc) is 2.41. The highest BCUT2D eigenvalue weighted by atomic mass is 16.5. The van der Waals surface area contributed by atoms with Gasteiger partial charge in [0.25, 0.3) is 0 Å². The molecule has 0 aromatic heterocycles. The smallest absolute Gasteiger partial charge is 0.161 e. The van der Waals surface area contributed by atoms with Crippen molar-refractivity contribution in [3.63, 3.8) is 0 Å². The standard InChI is InChI=1S/C15H24N2O2/c1-3-18-14-6-4-5-7-15(14)19-11-10-17-9-8-16-13(2)12-17/h4-7,13,16H,3,8-12H2,1-2H3/t13-/m0/s1. The molecule has 106 valence electrons. The van der Waals surface area contributed by atoms with Crippen LogP contribution in [0.3, 0.4) is 0 Å². The third kappa shape index (κ3) is 4.40. The Morgan fingerprint density at radius 3 is 2.68 bits per heavy atom. The van der Waals surface area contributed by atoms with Crippen molar-refractivity contribution in [3.05, 3.63) is 24.3 Å². The fourth-order valence-corrected chi connectivity index (χ4v) is 2.34. The Balaban J connectivity index is 1.78. The lowest BCUT2D eigenvalue weighted by Gasteiger charge is -2.31. The molecule has 0 unspecified atom stereocenters. The Hall–Kier alpha value is -1.26. The molecule has 1 saturated heterocycles. The van der Waals surface area contributed by atoms with Crippen LogP contribution in [0.15, 0.2) is 24.3 Å². The summed E-state index contributed by atoms with van der Waals surface area (Å²) >= 11 is 0. The van der Waals surface area contributed by atoms with E-state index in [9.17, 15) is 0 Å². The zero-order valence-corrected chi connectivity index (χ0v) is 11.9. The van der Waals surface area contributed by atoms with Crippen molar-refractivity contribution >= 4 is 0 Å². The van der Waals surface area contributed by atoms with E-state index in [1.54, 1.807) is 0 Å². The van der Waals surface area contributed by atoms with Gasteiger partial charge in [0.15, 0.2) is 11.5 Å². The van der Waals surface area contributed by atoms with Gasteiger partial charge in [-0.3, -0.25) is 4.90 Å². The van der Waals surface area contributed by atoms with Crippen LogP contribution in [0.4, 0.5) is 0 Å². The highest BCUT2D eigenvalue weighted by Gasteiger charge is 2.15. The number of piperazine rings is 1. The normalized spacial score (nSPS) is 20.2. The summed E-state index contributed by atoms with van der Waals surface area (Å²) in [7, 11) is 0. The maximum atomic E-state index is 5.84. The number of nitrogens with zero attached hydrogens (tertiary/aromatic N) is 1. The molecule has 1 atom stereocenters. The maximum Gasteiger partial charge on any atom is 0.161 e. The first-order valence-electron chi connectivity index (χ1n) is 7.10. The SMILES string of the molecule is CCOc1ccccc1OCCN1CCN[C@@H](C)C1. The Kier molecular flexibility index (Phi) is 5.48. The lowest BCUT2D eigenvalue weighted by atomic mass is 10.2. The van der Waals surface area contributed by atoms with Gasteiger partial charge in [0.2, 0.25) is 0 Å². The molecule has 1 aromatic rings. The molecular weight excluding hydrogens is 240 g/mol. The van der Waals surface area contributed by atoms with Gasteiger partial charge in [0, 0.05) is 32.2 Å². The summed E-state index contributed by atoms with van der Waals surface area (Å²) in [6, 6.07) is 8.43. The molecule has 0 spiro atoms. The summed E-state index contributed by atoms with van der Waals surface area (Å²) in [5.74, 6) is 1.67. The molecule has 1 N–H and O–H groups in total. The predicted octanol–water partition coefficient (Wildman–Crippen LogP) is 1.76. The molecule has 0 bridgehead atoms. The number of para-hydroxylation sites is 2. The molecule has 1 heterocycles. The number of rotatable bonds is 6. The maximum absolute atomic E-state index is 5.84. The zero-order chi connectivity index (χ0) is 13.5. The molecule has 4 heteroatoms. The van der Waals surface area contributed by atoms with Crippen LogP contribution in [0, 0.1) is 0 Å². The van der Waals surface area contributed by atoms with E-state index in [2.05, 4.69) is 17.1 Å². The fraction of sp³-hybridized carbons (Fsp3) is 0.600. The molecule has 1 fully saturated rings. The molecule has 2 rings (SSSR count). The Bertz CT molecular complexity index is 384. The summed E-state index contributed by atoms with van der Waals surface area (Å²) < 4.78 is 11.4. The molecule has 0 aliphatic carbocycles. The van der Waals surface area contributed by atoms with Crippen molar-refractivity contribution < 1.29 is 9.47 Å². The topological polar surface area (TPSA) is 33.7 Å². The first-order valence-corrected chi connectivity index (χ1v) is 7.10. The second kappa shape index (κ2) is 7.36. The fourth-order valence-electron chi connectivity index (χ4n) is 2.34. The molecule has 0 amide bonds. The molecule has 1 aromatic carbocycles. The van der Waals surface area contributed by atoms with E-state index < -0.39 is 0 Å². The van der Waals surface area contributed by atoms with Crippen LogP contribution in [0.1, 0.15) is 13.8 Å². The van der Waals surface area contributed by atoms with E-state index in [1.165, 1.54) is 0 Å². The Labute approximate surface area is 115 Å². The van der Waals surface area contributed by atoms with E-state index in [1.807, 2.05) is 31.2 Å². The summed E-state index contributed by atoms with van der Waals surface area (Å²) in [5.41, 5.74) is 0. The van der Waals surface area contributed by atoms with Gasteiger partial charge in [0.1, 0.15) is 6.61 Å². The van der Waals surface area contributed by atoms with Crippen LogP contribution in [0.25, 0.3) is 0 Å². The van der Waals surface area contributed by atoms with Crippen molar-refractivity contribution in [2.45, 2.75) is 19.9 Å². The highest BCUT2D eigenvalue weighted by molar-refractivity contribution is 5.39. The second-order valence-corrected chi connectivity index (χ2v) is 4.88. The average molecular weight is 264 g/mol. The Morgan fingerprint density at radius 2 is 2.00 bits per heavy atom. The van der Waals surface area contributed by atoms with E-state index in [0.717, 1.165) is 37.7 Å². The largest absolute Gasteiger partial charge is 0.490 e. The second-order valence-electron chi connectivity index (χ2n) is 4.88. The highest BCUT2D eigenvalue weighted by Crippen LogP contribution is 2.26. The first-order chi connectivity index (χ1) is 9.29. The monoisotopic (exact) mass is 264 g/mol. The van der Waals surface area contributed by atoms with Gasteiger partial charge in [-0.25, -0.2) is 0 Å². The number of hydrogen-bond acceptors (Lipinski definition) is 4. The van der Waals surface area contributed by atoms with Crippen molar-refractivity contribution in [3.8, 4) is 11.5 Å². The molecule has 4 nitrogen and oxygen atoms in total. The van der Waals surface area contributed by atoms with Gasteiger partial charge in [0.05, 0.1) is 6.61 Å². The van der Waals surface area contributed by atoms with E-state index in [-0.39, 0.29) is 0 Å². The van der Waals surface area contributed by atoms with Crippen molar-refractivity contribution in [2.24, 2.45) is 0 Å². The van der Waals surface area contributed by atoms with E-state index in [0.29, 0.717) is 19.3 Å². The van der Waals surface area contributed by atoms with Crippen LogP contribution < -0.4 is 14.8 Å². The first kappa shape index (κ1) is 14.2. The van der Waals surface area contributed by atoms with Crippen LogP contribution in [-0.2, 0) is 0 Å². The summed E-state index contributed by atoms with van der Waals surface area (Å²) in [6.07, 6.45) is 0. The van der Waals surface area contributed by atoms with Crippen molar-refractivity contribution in [1.29, 1.82) is 0 Å². The third-order valence-corrected chi connectivity index (χ3v) is 3.27. The van der Waals surface area contributed by atoms with Gasteiger partial charge in [-0.2, -0.15) is 0 Å². The lowest BCUT2D eigenvalue weighted by molar-refractivity contribution is 0.167. The van der Waals surface area contributed by atoms with Crippen molar-refractivity contribution in [1.82, 2.24) is 10.2 Å². The lowest BCUT2D eigenvalue weighted by Crippen LogP contribution is -2.50. The molecule has 19 heavy (non-hydrogen) atoms. The summed E-state index contributed by atoms with van der Waals surface area (Å²) in [6.45, 7) is 9.79. The molecule has 1 aliphatic heterocycles. The van der Waals surface area contributed by atoms with Gasteiger partial charge in [-0.15, -0.1) is 0 Å². The minimum absolute atomic E-state index is 0.574. The number of benzene rings is 1. The van der Waals surface area contributed by atoms with Crippen LogP contribution in [0.5, 0.6) is 11.5 Å². The summed E-state index contributed by atoms with van der Waals surface area (Å²) in [4.78, 5) is 2.43. The summed E-state index contributed by atoms with van der Waals surface area (Å²) in [5, 5.41) is 3.44. The van der Waals surface area contributed by atoms with E-state index in [4.69, 9.17) is 9.47 Å². The third-order valence-electron chi connectivity index (χ3n) is 3.27. The van der Waals surface area contributed by atoms with E-state index >= 15 is 0 Å². The zero-order valence-electron chi connectivity index (χ0n) is 11.9. The number of ether oxygens (including phenoxy) is 2. The van der Waals surface area contributed by atoms with Gasteiger partial charge in [-0.05, 0) is 26.0 Å². The van der Waals surface area contributed by atoms with Crippen molar-refractivity contribution in [2.75, 3.05) is 39.4 Å². The quantitative estimate of drug-likeness (QED) is 0.849. The van der Waals surface area contributed by atoms with Crippen LogP contribution in [-0.4, -0.2) is 50.3 Å². The molecule has 0 radical (unpaired) electrons. The van der Waals surface area contributed by atoms with Crippen LogP contribution in [0.2, 0.25) is 0 Å². The van der Waals surface area contributed by atoms with Gasteiger partial charge >= 0.3 is 0 Å². The minimum Gasteiger partial charge on any atom is -0.490 e. The molecular formula is C15H24N2O2.